The van der Waals surface area contributed by atoms with Gasteiger partial charge in [0, 0.05) is 18.7 Å². The van der Waals surface area contributed by atoms with Crippen molar-refractivity contribution in [3.8, 4) is 17.2 Å². The first-order valence-electron chi connectivity index (χ1n) is 12.4. The van der Waals surface area contributed by atoms with Gasteiger partial charge in [-0.15, -0.1) is 0 Å². The first kappa shape index (κ1) is 27.4. The molecule has 1 aliphatic heterocycles. The van der Waals surface area contributed by atoms with Gasteiger partial charge < -0.3 is 19.3 Å². The molecule has 1 fully saturated rings. The average molecular weight is 530 g/mol. The molecule has 1 heterocycles. The minimum absolute atomic E-state index is 0.118. The molecule has 8 nitrogen and oxygen atoms in total. The largest absolute Gasteiger partial charge is 0.507 e. The Morgan fingerprint density at radius 1 is 0.897 bits per heavy atom. The van der Waals surface area contributed by atoms with Crippen molar-refractivity contribution in [3.63, 3.8) is 0 Å². The molecule has 0 radical (unpaired) electrons. The first-order chi connectivity index (χ1) is 18.5. The number of ketones is 1. The Kier molecular flexibility index (Phi) is 7.49. The fraction of sp³-hybridized carbons (Fsp3) is 0.258. The smallest absolute Gasteiger partial charge is 0.308 e. The Hall–Kier alpha value is -4.59. The van der Waals surface area contributed by atoms with Gasteiger partial charge >= 0.3 is 5.97 Å². The number of amides is 1. The van der Waals surface area contributed by atoms with Crippen LogP contribution in [0.1, 0.15) is 50.4 Å². The van der Waals surface area contributed by atoms with Gasteiger partial charge in [0.05, 0.1) is 31.4 Å². The third-order valence-electron chi connectivity index (χ3n) is 6.53. The maximum Gasteiger partial charge on any atom is 0.308 e. The van der Waals surface area contributed by atoms with Gasteiger partial charge in [-0.05, 0) is 52.9 Å². The number of carbonyl (C=O) groups excluding carboxylic acids is 3. The van der Waals surface area contributed by atoms with E-state index >= 15 is 0 Å². The number of esters is 1. The summed E-state index contributed by atoms with van der Waals surface area (Å²) >= 11 is 0. The van der Waals surface area contributed by atoms with Crippen LogP contribution in [0.2, 0.25) is 0 Å². The molecule has 3 aromatic rings. The lowest BCUT2D eigenvalue weighted by Gasteiger charge is -2.26. The topological polar surface area (TPSA) is 102 Å². The number of carbonyl (C=O) groups is 3. The van der Waals surface area contributed by atoms with Crippen molar-refractivity contribution < 1.29 is 33.7 Å². The van der Waals surface area contributed by atoms with Crippen LogP contribution in [0.5, 0.6) is 17.2 Å². The summed E-state index contributed by atoms with van der Waals surface area (Å²) in [4.78, 5) is 40.1. The maximum atomic E-state index is 13.6. The first-order valence-corrected chi connectivity index (χ1v) is 12.4. The lowest BCUT2D eigenvalue weighted by Crippen LogP contribution is -2.29. The van der Waals surface area contributed by atoms with E-state index in [1.807, 2.05) is 26.8 Å². The third kappa shape index (κ3) is 5.36. The number of hydrogen-bond donors (Lipinski definition) is 1. The molecule has 0 aromatic heterocycles. The Morgan fingerprint density at radius 2 is 1.59 bits per heavy atom. The van der Waals surface area contributed by atoms with Gasteiger partial charge in [0.2, 0.25) is 0 Å². The molecule has 3 aromatic carbocycles. The van der Waals surface area contributed by atoms with Gasteiger partial charge in [0.15, 0.2) is 0 Å². The second kappa shape index (κ2) is 10.6. The van der Waals surface area contributed by atoms with E-state index in [-0.39, 0.29) is 28.1 Å². The van der Waals surface area contributed by atoms with Crippen LogP contribution in [0, 0.1) is 0 Å². The molecule has 0 aliphatic carbocycles. The molecule has 39 heavy (non-hydrogen) atoms. The van der Waals surface area contributed by atoms with Crippen LogP contribution in [-0.2, 0) is 19.8 Å². The number of rotatable bonds is 6. The van der Waals surface area contributed by atoms with Crippen LogP contribution < -0.4 is 19.1 Å². The van der Waals surface area contributed by atoms with Crippen LogP contribution in [0.4, 0.5) is 5.69 Å². The van der Waals surface area contributed by atoms with Crippen molar-refractivity contribution in [1.82, 2.24) is 0 Å². The lowest BCUT2D eigenvalue weighted by atomic mass is 9.85. The zero-order valence-corrected chi connectivity index (χ0v) is 22.8. The highest BCUT2D eigenvalue weighted by molar-refractivity contribution is 6.51. The molecular weight excluding hydrogens is 498 g/mol. The lowest BCUT2D eigenvalue weighted by molar-refractivity contribution is -0.132. The normalized spacial score (nSPS) is 16.8. The molecule has 202 valence electrons. The molecule has 1 amide bonds. The van der Waals surface area contributed by atoms with Crippen LogP contribution in [0.3, 0.4) is 0 Å². The summed E-state index contributed by atoms with van der Waals surface area (Å²) in [6.45, 7) is 7.37. The fourth-order valence-corrected chi connectivity index (χ4v) is 4.59. The van der Waals surface area contributed by atoms with E-state index in [4.69, 9.17) is 14.2 Å². The number of aliphatic hydroxyl groups is 1. The number of nitrogens with zero attached hydrogens (tertiary/aromatic N) is 1. The standard InChI is InChI=1S/C31H31NO7/c1-18(33)39-23-12-7-9-19(15-23)27-26(28(34)24-16-20(31(2,3)4)13-14-25(24)38-6)29(35)30(36)32(27)21-10-8-11-22(17-21)37-5/h7-17,27,34H,1-6H3/b28-26+. The summed E-state index contributed by atoms with van der Waals surface area (Å²) in [6, 6.07) is 17.6. The number of anilines is 1. The van der Waals surface area contributed by atoms with Gasteiger partial charge in [-0.2, -0.15) is 0 Å². The van der Waals surface area contributed by atoms with E-state index in [0.29, 0.717) is 22.7 Å². The van der Waals surface area contributed by atoms with Gasteiger partial charge in [0.25, 0.3) is 11.7 Å². The number of aliphatic hydroxyl groups excluding tert-OH is 1. The highest BCUT2D eigenvalue weighted by Gasteiger charge is 2.47. The summed E-state index contributed by atoms with van der Waals surface area (Å²) < 4.78 is 16.1. The molecule has 1 saturated heterocycles. The second-order valence-electron chi connectivity index (χ2n) is 10.2. The van der Waals surface area contributed by atoms with Gasteiger partial charge in [-0.1, -0.05) is 45.0 Å². The van der Waals surface area contributed by atoms with Crippen molar-refractivity contribution in [2.24, 2.45) is 0 Å². The van der Waals surface area contributed by atoms with Gasteiger partial charge in [-0.3, -0.25) is 19.3 Å². The molecule has 8 heteroatoms. The van der Waals surface area contributed by atoms with Gasteiger partial charge in [0.1, 0.15) is 23.0 Å². The van der Waals surface area contributed by atoms with Crippen molar-refractivity contribution in [2.75, 3.05) is 19.1 Å². The Bertz CT molecular complexity index is 1480. The number of methoxy groups -OCH3 is 2. The third-order valence-corrected chi connectivity index (χ3v) is 6.53. The number of hydrogen-bond acceptors (Lipinski definition) is 7. The van der Waals surface area contributed by atoms with Crippen molar-refractivity contribution in [1.29, 1.82) is 0 Å². The summed E-state index contributed by atoms with van der Waals surface area (Å²) in [7, 11) is 2.97. The number of Topliss-reactive ketones (excluding diaryl/α,β-unsaturated/α-hetero) is 1. The molecule has 1 atom stereocenters. The zero-order chi connectivity index (χ0) is 28.5. The SMILES string of the molecule is COc1cccc(N2C(=O)C(=O)/C(=C(/O)c3cc(C(C)(C)C)ccc3OC)C2c2cccc(OC(C)=O)c2)c1. The fourth-order valence-electron chi connectivity index (χ4n) is 4.59. The monoisotopic (exact) mass is 529 g/mol. The molecule has 4 rings (SSSR count). The Labute approximate surface area is 227 Å². The minimum Gasteiger partial charge on any atom is -0.507 e. The predicted molar refractivity (Wildman–Crippen MR) is 147 cm³/mol. The highest BCUT2D eigenvalue weighted by atomic mass is 16.5. The van der Waals surface area contributed by atoms with Crippen molar-refractivity contribution >= 4 is 29.1 Å². The minimum atomic E-state index is -1.03. The summed E-state index contributed by atoms with van der Waals surface area (Å²) in [5, 5.41) is 11.7. The van der Waals surface area contributed by atoms with Crippen molar-refractivity contribution in [3.05, 3.63) is 89.0 Å². The maximum absolute atomic E-state index is 13.6. The van der Waals surface area contributed by atoms with Crippen molar-refractivity contribution in [2.45, 2.75) is 39.2 Å². The molecule has 0 bridgehead atoms. The molecule has 1 N–H and O–H groups in total. The number of benzene rings is 3. The van der Waals surface area contributed by atoms with E-state index in [1.54, 1.807) is 60.7 Å². The molecule has 0 spiro atoms. The van der Waals surface area contributed by atoms with Crippen LogP contribution in [-0.4, -0.2) is 37.0 Å². The van der Waals surface area contributed by atoms with E-state index in [2.05, 4.69) is 0 Å². The zero-order valence-electron chi connectivity index (χ0n) is 22.8. The average Bonchev–Trinajstić information content (AvgIpc) is 3.17. The summed E-state index contributed by atoms with van der Waals surface area (Å²) in [6.07, 6.45) is 0. The van der Waals surface area contributed by atoms with Gasteiger partial charge in [-0.25, -0.2) is 0 Å². The second-order valence-corrected chi connectivity index (χ2v) is 10.2. The molecular formula is C31H31NO7. The summed E-state index contributed by atoms with van der Waals surface area (Å²) in [5.74, 6) is -1.49. The number of ether oxygens (including phenoxy) is 3. The predicted octanol–water partition coefficient (Wildman–Crippen LogP) is 5.55. The van der Waals surface area contributed by atoms with E-state index in [1.165, 1.54) is 26.0 Å². The Morgan fingerprint density at radius 3 is 2.23 bits per heavy atom. The summed E-state index contributed by atoms with van der Waals surface area (Å²) in [5.41, 5.74) is 1.67. The van der Waals surface area contributed by atoms with Crippen LogP contribution in [0.15, 0.2) is 72.3 Å². The van der Waals surface area contributed by atoms with E-state index in [9.17, 15) is 19.5 Å². The quantitative estimate of drug-likeness (QED) is 0.147. The molecule has 1 unspecified atom stereocenters. The Balaban J connectivity index is 2.01. The molecule has 1 aliphatic rings. The van der Waals surface area contributed by atoms with Crippen LogP contribution >= 0.6 is 0 Å². The highest BCUT2D eigenvalue weighted by Crippen LogP contribution is 2.45. The van der Waals surface area contributed by atoms with Crippen LogP contribution in [0.25, 0.3) is 5.76 Å². The van der Waals surface area contributed by atoms with E-state index in [0.717, 1.165) is 5.56 Å². The van der Waals surface area contributed by atoms with E-state index < -0.39 is 23.7 Å². The molecule has 0 saturated carbocycles.